The Bertz CT molecular complexity index is 992. The number of benzene rings is 1. The zero-order chi connectivity index (χ0) is 21.6. The minimum atomic E-state index is -0.761. The summed E-state index contributed by atoms with van der Waals surface area (Å²) in [6, 6.07) is 12.8. The zero-order valence-electron chi connectivity index (χ0n) is 17.6. The number of alkyl carbamates (subject to hydrolysis) is 1. The summed E-state index contributed by atoms with van der Waals surface area (Å²) in [5, 5.41) is 6.65. The Morgan fingerprint density at radius 2 is 1.90 bits per heavy atom. The number of carbonyl (C=O) groups is 2. The van der Waals surface area contributed by atoms with Crippen LogP contribution in [0, 0.1) is 0 Å². The maximum Gasteiger partial charge on any atom is 0.408 e. The number of ether oxygens (including phenoxy) is 1. The molecule has 0 aliphatic heterocycles. The smallest absolute Gasteiger partial charge is 0.408 e. The Morgan fingerprint density at radius 3 is 2.63 bits per heavy atom. The molecule has 3 N–H and O–H groups in total. The number of aromatic amines is 1. The van der Waals surface area contributed by atoms with Crippen molar-refractivity contribution in [3.8, 4) is 0 Å². The number of carbonyl (C=O) groups excluding carboxylic acids is 2. The lowest BCUT2D eigenvalue weighted by atomic mass is 10.0. The highest BCUT2D eigenvalue weighted by molar-refractivity contribution is 5.88. The number of hydrogen-bond acceptors (Lipinski definition) is 4. The monoisotopic (exact) mass is 408 g/mol. The van der Waals surface area contributed by atoms with Gasteiger partial charge in [-0.3, -0.25) is 9.78 Å². The predicted molar refractivity (Wildman–Crippen MR) is 116 cm³/mol. The van der Waals surface area contributed by atoms with E-state index >= 15 is 0 Å². The number of hydrogen-bond donors (Lipinski definition) is 3. The van der Waals surface area contributed by atoms with Crippen molar-refractivity contribution in [2.75, 3.05) is 6.54 Å². The summed E-state index contributed by atoms with van der Waals surface area (Å²) in [4.78, 5) is 32.7. The van der Waals surface area contributed by atoms with E-state index in [2.05, 4.69) is 20.6 Å². The first kappa shape index (κ1) is 21.4. The van der Waals surface area contributed by atoms with Crippen molar-refractivity contribution in [1.29, 1.82) is 0 Å². The molecule has 0 saturated carbocycles. The summed E-state index contributed by atoms with van der Waals surface area (Å²) in [7, 11) is 0. The second kappa shape index (κ2) is 9.43. The summed E-state index contributed by atoms with van der Waals surface area (Å²) < 4.78 is 5.35. The lowest BCUT2D eigenvalue weighted by Crippen LogP contribution is -2.49. The number of nitrogens with zero attached hydrogens (tertiary/aromatic N) is 1. The molecule has 2 amide bonds. The topological polar surface area (TPSA) is 96.1 Å². The van der Waals surface area contributed by atoms with Crippen molar-refractivity contribution in [2.45, 2.75) is 45.3 Å². The van der Waals surface area contributed by atoms with Crippen LogP contribution >= 0.6 is 0 Å². The molecular weight excluding hydrogens is 380 g/mol. The maximum atomic E-state index is 12.9. The van der Waals surface area contributed by atoms with Gasteiger partial charge in [0.05, 0.1) is 0 Å². The number of para-hydroxylation sites is 1. The van der Waals surface area contributed by atoms with Gasteiger partial charge in [0.1, 0.15) is 11.6 Å². The fourth-order valence-electron chi connectivity index (χ4n) is 3.16. The second-order valence-corrected chi connectivity index (χ2v) is 8.12. The van der Waals surface area contributed by atoms with Gasteiger partial charge in [-0.05, 0) is 44.5 Å². The molecule has 0 fully saturated rings. The molecule has 0 aliphatic carbocycles. The molecular formula is C23H28N4O3. The first-order valence-corrected chi connectivity index (χ1v) is 10.0. The summed E-state index contributed by atoms with van der Waals surface area (Å²) in [6.45, 7) is 5.78. The standard InChI is InChI=1S/C23H28N4O3/c1-23(2,3)30-22(29)27-20(14-16-15-26-19-10-5-4-9-18(16)19)21(28)25-13-11-17-8-6-7-12-24-17/h4-10,12,15,20,26H,11,13-14H2,1-3H3,(H,25,28)(H,27,29)/t20-/m0/s1. The van der Waals surface area contributed by atoms with Gasteiger partial charge in [0.2, 0.25) is 5.91 Å². The lowest BCUT2D eigenvalue weighted by Gasteiger charge is -2.23. The molecule has 7 heteroatoms. The molecule has 1 aromatic carbocycles. The van der Waals surface area contributed by atoms with Crippen LogP contribution in [0.15, 0.2) is 54.9 Å². The van der Waals surface area contributed by atoms with Gasteiger partial charge in [0, 0.05) is 48.4 Å². The van der Waals surface area contributed by atoms with E-state index in [0.29, 0.717) is 19.4 Å². The average Bonchev–Trinajstić information content (AvgIpc) is 3.10. The van der Waals surface area contributed by atoms with Crippen molar-refractivity contribution >= 4 is 22.9 Å². The van der Waals surface area contributed by atoms with E-state index in [1.54, 1.807) is 27.0 Å². The number of rotatable bonds is 7. The molecule has 7 nitrogen and oxygen atoms in total. The lowest BCUT2D eigenvalue weighted by molar-refractivity contribution is -0.123. The van der Waals surface area contributed by atoms with Crippen LogP contribution in [0.3, 0.4) is 0 Å². The molecule has 0 unspecified atom stereocenters. The highest BCUT2D eigenvalue weighted by atomic mass is 16.6. The second-order valence-electron chi connectivity index (χ2n) is 8.12. The first-order chi connectivity index (χ1) is 14.3. The highest BCUT2D eigenvalue weighted by Crippen LogP contribution is 2.19. The summed E-state index contributed by atoms with van der Waals surface area (Å²) >= 11 is 0. The fourth-order valence-corrected chi connectivity index (χ4v) is 3.16. The maximum absolute atomic E-state index is 12.9. The Kier molecular flexibility index (Phi) is 6.72. The van der Waals surface area contributed by atoms with Crippen LogP contribution in [0.4, 0.5) is 4.79 Å². The summed E-state index contributed by atoms with van der Waals surface area (Å²) in [5.74, 6) is -0.262. The average molecular weight is 409 g/mol. The van der Waals surface area contributed by atoms with Crippen LogP contribution in [-0.2, 0) is 22.4 Å². The minimum Gasteiger partial charge on any atom is -0.444 e. The third kappa shape index (κ3) is 6.07. The van der Waals surface area contributed by atoms with Crippen LogP contribution in [-0.4, -0.2) is 40.2 Å². The van der Waals surface area contributed by atoms with Crippen molar-refractivity contribution in [2.24, 2.45) is 0 Å². The van der Waals surface area contributed by atoms with Crippen LogP contribution < -0.4 is 10.6 Å². The Morgan fingerprint density at radius 1 is 1.13 bits per heavy atom. The van der Waals surface area contributed by atoms with Crippen molar-refractivity contribution in [1.82, 2.24) is 20.6 Å². The number of H-pyrrole nitrogens is 1. The molecule has 0 aliphatic rings. The van der Waals surface area contributed by atoms with E-state index in [0.717, 1.165) is 22.2 Å². The molecule has 30 heavy (non-hydrogen) atoms. The molecule has 2 heterocycles. The Labute approximate surface area is 176 Å². The molecule has 158 valence electrons. The first-order valence-electron chi connectivity index (χ1n) is 10.0. The van der Waals surface area contributed by atoms with Gasteiger partial charge < -0.3 is 20.4 Å². The van der Waals surface area contributed by atoms with Crippen LogP contribution in [0.2, 0.25) is 0 Å². The van der Waals surface area contributed by atoms with E-state index in [1.165, 1.54) is 0 Å². The molecule has 0 spiro atoms. The van der Waals surface area contributed by atoms with Gasteiger partial charge in [-0.1, -0.05) is 24.3 Å². The molecule has 3 aromatic rings. The van der Waals surface area contributed by atoms with Gasteiger partial charge in [-0.15, -0.1) is 0 Å². The van der Waals surface area contributed by atoms with Crippen LogP contribution in [0.5, 0.6) is 0 Å². The van der Waals surface area contributed by atoms with Crippen molar-refractivity contribution in [3.05, 3.63) is 66.1 Å². The normalized spacial score (nSPS) is 12.4. The fraction of sp³-hybridized carbons (Fsp3) is 0.348. The van der Waals surface area contributed by atoms with Gasteiger partial charge in [0.15, 0.2) is 0 Å². The number of aromatic nitrogens is 2. The van der Waals surface area contributed by atoms with E-state index in [1.807, 2.05) is 48.7 Å². The van der Waals surface area contributed by atoms with Gasteiger partial charge in [-0.2, -0.15) is 0 Å². The quantitative estimate of drug-likeness (QED) is 0.559. The number of nitrogens with one attached hydrogen (secondary N) is 3. The molecule has 2 aromatic heterocycles. The third-order valence-electron chi connectivity index (χ3n) is 4.51. The van der Waals surface area contributed by atoms with Crippen molar-refractivity contribution < 1.29 is 14.3 Å². The summed E-state index contributed by atoms with van der Waals surface area (Å²) in [6.07, 6.45) is 3.93. The van der Waals surface area contributed by atoms with Crippen molar-refractivity contribution in [3.63, 3.8) is 0 Å². The Hall–Kier alpha value is -3.35. The molecule has 0 bridgehead atoms. The Balaban J connectivity index is 1.69. The molecule has 0 saturated heterocycles. The minimum absolute atomic E-state index is 0.262. The molecule has 1 atom stereocenters. The SMILES string of the molecule is CC(C)(C)OC(=O)N[C@@H](Cc1c[nH]c2ccccc12)C(=O)NCCc1ccccn1. The predicted octanol–water partition coefficient (Wildman–Crippen LogP) is 3.36. The molecule has 0 radical (unpaired) electrons. The van der Waals surface area contributed by atoms with Gasteiger partial charge >= 0.3 is 6.09 Å². The largest absolute Gasteiger partial charge is 0.444 e. The number of amides is 2. The number of pyridine rings is 1. The van der Waals surface area contributed by atoms with E-state index < -0.39 is 17.7 Å². The highest BCUT2D eigenvalue weighted by Gasteiger charge is 2.25. The van der Waals surface area contributed by atoms with Crippen LogP contribution in [0.25, 0.3) is 10.9 Å². The van der Waals surface area contributed by atoms with Gasteiger partial charge in [-0.25, -0.2) is 4.79 Å². The van der Waals surface area contributed by atoms with E-state index in [9.17, 15) is 9.59 Å². The van der Waals surface area contributed by atoms with Crippen LogP contribution in [0.1, 0.15) is 32.0 Å². The third-order valence-corrected chi connectivity index (χ3v) is 4.51. The van der Waals surface area contributed by atoms with E-state index in [4.69, 9.17) is 4.74 Å². The van der Waals surface area contributed by atoms with Gasteiger partial charge in [0.25, 0.3) is 0 Å². The zero-order valence-corrected chi connectivity index (χ0v) is 17.6. The summed E-state index contributed by atoms with van der Waals surface area (Å²) in [5.41, 5.74) is 2.18. The molecule has 3 rings (SSSR count). The number of fused-ring (bicyclic) bond motifs is 1. The van der Waals surface area contributed by atoms with E-state index in [-0.39, 0.29) is 5.91 Å².